The molecule has 2 aromatic rings. The second kappa shape index (κ2) is 10.0. The van der Waals surface area contributed by atoms with Gasteiger partial charge in [0.25, 0.3) is 5.56 Å². The topological polar surface area (TPSA) is 113 Å². The molecule has 8 nitrogen and oxygen atoms in total. The van der Waals surface area contributed by atoms with Gasteiger partial charge in [-0.2, -0.15) is 0 Å². The van der Waals surface area contributed by atoms with E-state index in [4.69, 9.17) is 5.73 Å². The molecule has 0 fully saturated rings. The number of hydrogen-bond donors (Lipinski definition) is 3. The van der Waals surface area contributed by atoms with E-state index in [1.54, 1.807) is 0 Å². The van der Waals surface area contributed by atoms with Crippen molar-refractivity contribution in [3.05, 3.63) is 50.7 Å². The number of nitrogens with one attached hydrogen (secondary N) is 2. The quantitative estimate of drug-likeness (QED) is 0.573. The Morgan fingerprint density at radius 3 is 2.57 bits per heavy atom. The molecular weight excluding hydrogens is 396 g/mol. The molecule has 0 saturated heterocycles. The van der Waals surface area contributed by atoms with Gasteiger partial charge < -0.3 is 16.0 Å². The van der Waals surface area contributed by atoms with E-state index in [0.29, 0.717) is 19.5 Å². The molecule has 2 rings (SSSR count). The van der Waals surface area contributed by atoms with Crippen molar-refractivity contribution in [2.24, 2.45) is 5.92 Å². The molecule has 0 saturated carbocycles. The summed E-state index contributed by atoms with van der Waals surface area (Å²) in [6.45, 7) is 6.14. The highest BCUT2D eigenvalue weighted by molar-refractivity contribution is 5.94. The summed E-state index contributed by atoms with van der Waals surface area (Å²) in [4.78, 5) is 40.9. The zero-order valence-electron chi connectivity index (χ0n) is 17.3. The molecule has 0 aliphatic carbocycles. The SMILES string of the molecule is CCCCn1c(N)c(N(CC(=O)Nc2ccc(F)c(F)c2)CC(C)C)c(=O)[nH]c1=O. The maximum Gasteiger partial charge on any atom is 0.330 e. The molecule has 0 aliphatic heterocycles. The molecule has 0 unspecified atom stereocenters. The fourth-order valence-corrected chi connectivity index (χ4v) is 3.04. The fourth-order valence-electron chi connectivity index (χ4n) is 3.04. The van der Waals surface area contributed by atoms with Crippen LogP contribution in [-0.4, -0.2) is 28.5 Å². The first-order valence-corrected chi connectivity index (χ1v) is 9.76. The Balaban J connectivity index is 2.35. The average Bonchev–Trinajstić information content (AvgIpc) is 2.63. The minimum Gasteiger partial charge on any atom is -0.383 e. The number of H-pyrrole nitrogens is 1. The van der Waals surface area contributed by atoms with Gasteiger partial charge in [0.05, 0.1) is 6.54 Å². The average molecular weight is 423 g/mol. The van der Waals surface area contributed by atoms with E-state index in [2.05, 4.69) is 10.3 Å². The standard InChI is InChI=1S/C20H27F2N5O3/c1-4-5-8-27-18(23)17(19(29)25-20(27)30)26(10-12(2)3)11-16(28)24-13-6-7-14(21)15(22)9-13/h6-7,9,12H,4-5,8,10-11,23H2,1-3H3,(H,24,28)(H,25,29,30). The molecule has 1 aromatic carbocycles. The lowest BCUT2D eigenvalue weighted by Gasteiger charge is -2.27. The lowest BCUT2D eigenvalue weighted by atomic mass is 10.2. The smallest absolute Gasteiger partial charge is 0.330 e. The summed E-state index contributed by atoms with van der Waals surface area (Å²) in [7, 11) is 0. The number of nitrogens with zero attached hydrogens (tertiary/aromatic N) is 2. The number of rotatable bonds is 9. The number of anilines is 3. The maximum atomic E-state index is 13.4. The minimum atomic E-state index is -1.09. The van der Waals surface area contributed by atoms with E-state index in [0.717, 1.165) is 18.6 Å². The molecule has 1 amide bonds. The second-order valence-electron chi connectivity index (χ2n) is 7.45. The highest BCUT2D eigenvalue weighted by Gasteiger charge is 2.22. The maximum absolute atomic E-state index is 13.4. The van der Waals surface area contributed by atoms with Gasteiger partial charge in [0.2, 0.25) is 5.91 Å². The first-order valence-electron chi connectivity index (χ1n) is 9.76. The highest BCUT2D eigenvalue weighted by Crippen LogP contribution is 2.19. The van der Waals surface area contributed by atoms with Gasteiger partial charge in [0, 0.05) is 24.8 Å². The Hall–Kier alpha value is -3.17. The largest absolute Gasteiger partial charge is 0.383 e. The molecule has 0 bridgehead atoms. The molecule has 30 heavy (non-hydrogen) atoms. The van der Waals surface area contributed by atoms with Gasteiger partial charge in [-0.25, -0.2) is 13.6 Å². The van der Waals surface area contributed by atoms with Crippen LogP contribution in [0.1, 0.15) is 33.6 Å². The van der Waals surface area contributed by atoms with E-state index in [1.165, 1.54) is 15.5 Å². The van der Waals surface area contributed by atoms with Crippen molar-refractivity contribution < 1.29 is 13.6 Å². The summed E-state index contributed by atoms with van der Waals surface area (Å²) in [5.74, 6) is -2.61. The predicted octanol–water partition coefficient (Wildman–Crippen LogP) is 2.30. The zero-order valence-corrected chi connectivity index (χ0v) is 17.3. The van der Waals surface area contributed by atoms with Gasteiger partial charge >= 0.3 is 5.69 Å². The van der Waals surface area contributed by atoms with E-state index < -0.39 is 28.8 Å². The van der Waals surface area contributed by atoms with Crippen LogP contribution in [0.4, 0.5) is 26.0 Å². The van der Waals surface area contributed by atoms with Crippen molar-refractivity contribution in [3.63, 3.8) is 0 Å². The van der Waals surface area contributed by atoms with Crippen LogP contribution >= 0.6 is 0 Å². The Labute approximate surface area is 172 Å². The molecule has 164 valence electrons. The van der Waals surface area contributed by atoms with Crippen molar-refractivity contribution in [3.8, 4) is 0 Å². The number of nitrogens with two attached hydrogens (primary N) is 1. The number of amides is 1. The fraction of sp³-hybridized carbons (Fsp3) is 0.450. The molecule has 1 heterocycles. The third-order valence-corrected chi connectivity index (χ3v) is 4.39. The molecule has 1 aromatic heterocycles. The number of carbonyl (C=O) groups excluding carboxylic acids is 1. The first-order chi connectivity index (χ1) is 14.1. The number of nitrogen functional groups attached to an aromatic ring is 1. The normalized spacial score (nSPS) is 11.0. The number of halogens is 2. The van der Waals surface area contributed by atoms with Gasteiger partial charge in [-0.15, -0.1) is 0 Å². The number of aromatic amines is 1. The van der Waals surface area contributed by atoms with Crippen LogP contribution < -0.4 is 27.2 Å². The molecule has 0 radical (unpaired) electrons. The van der Waals surface area contributed by atoms with Crippen LogP contribution in [0.2, 0.25) is 0 Å². The Kier molecular flexibility index (Phi) is 7.73. The van der Waals surface area contributed by atoms with Gasteiger partial charge in [0.15, 0.2) is 11.6 Å². The number of benzene rings is 1. The zero-order chi connectivity index (χ0) is 22.4. The monoisotopic (exact) mass is 423 g/mol. The van der Waals surface area contributed by atoms with E-state index in [-0.39, 0.29) is 29.7 Å². The third kappa shape index (κ3) is 5.68. The Morgan fingerprint density at radius 1 is 1.27 bits per heavy atom. The van der Waals surface area contributed by atoms with Crippen molar-refractivity contribution in [1.29, 1.82) is 0 Å². The number of aromatic nitrogens is 2. The third-order valence-electron chi connectivity index (χ3n) is 4.39. The van der Waals surface area contributed by atoms with Crippen LogP contribution in [0, 0.1) is 17.6 Å². The number of hydrogen-bond acceptors (Lipinski definition) is 5. The van der Waals surface area contributed by atoms with Crippen molar-refractivity contribution >= 4 is 23.1 Å². The van der Waals surface area contributed by atoms with Crippen molar-refractivity contribution in [2.45, 2.75) is 40.2 Å². The van der Waals surface area contributed by atoms with Crippen LogP contribution in [0.25, 0.3) is 0 Å². The van der Waals surface area contributed by atoms with Crippen LogP contribution in [0.5, 0.6) is 0 Å². The van der Waals surface area contributed by atoms with Gasteiger partial charge in [-0.05, 0) is 24.5 Å². The summed E-state index contributed by atoms with van der Waals surface area (Å²) in [5, 5.41) is 2.47. The molecule has 10 heteroatoms. The predicted molar refractivity (Wildman–Crippen MR) is 113 cm³/mol. The Morgan fingerprint density at radius 2 is 1.97 bits per heavy atom. The highest BCUT2D eigenvalue weighted by atomic mass is 19.2. The van der Waals surface area contributed by atoms with Gasteiger partial charge in [-0.3, -0.25) is 19.1 Å². The molecule has 0 aliphatic rings. The summed E-state index contributed by atoms with van der Waals surface area (Å²) in [6.07, 6.45) is 1.52. The minimum absolute atomic E-state index is 0.0153. The summed E-state index contributed by atoms with van der Waals surface area (Å²) < 4.78 is 27.7. The summed E-state index contributed by atoms with van der Waals surface area (Å²) >= 11 is 0. The first kappa shape index (κ1) is 23.1. The molecule has 0 spiro atoms. The lowest BCUT2D eigenvalue weighted by Crippen LogP contribution is -2.43. The van der Waals surface area contributed by atoms with Crippen LogP contribution in [0.3, 0.4) is 0 Å². The van der Waals surface area contributed by atoms with E-state index in [9.17, 15) is 23.2 Å². The second-order valence-corrected chi connectivity index (χ2v) is 7.45. The van der Waals surface area contributed by atoms with Gasteiger partial charge in [0.1, 0.15) is 11.5 Å². The number of unbranched alkanes of at least 4 members (excludes halogenated alkanes) is 1. The van der Waals surface area contributed by atoms with Crippen molar-refractivity contribution in [2.75, 3.05) is 29.0 Å². The summed E-state index contributed by atoms with van der Waals surface area (Å²) in [6, 6.07) is 3.00. The number of carbonyl (C=O) groups is 1. The molecular formula is C20H27F2N5O3. The van der Waals surface area contributed by atoms with Gasteiger partial charge in [-0.1, -0.05) is 27.2 Å². The summed E-state index contributed by atoms with van der Waals surface area (Å²) in [5.41, 5.74) is 4.96. The van der Waals surface area contributed by atoms with E-state index >= 15 is 0 Å². The van der Waals surface area contributed by atoms with Crippen molar-refractivity contribution in [1.82, 2.24) is 9.55 Å². The molecule has 4 N–H and O–H groups in total. The molecule has 0 atom stereocenters. The lowest BCUT2D eigenvalue weighted by molar-refractivity contribution is -0.115. The van der Waals surface area contributed by atoms with Crippen LogP contribution in [0.15, 0.2) is 27.8 Å². The van der Waals surface area contributed by atoms with E-state index in [1.807, 2.05) is 20.8 Å². The van der Waals surface area contributed by atoms with Crippen LogP contribution in [-0.2, 0) is 11.3 Å². The Bertz CT molecular complexity index is 1020.